The predicted octanol–water partition coefficient (Wildman–Crippen LogP) is 2.35. The molecule has 94 valence electrons. The fraction of sp³-hybridized carbons (Fsp3) is 0.917. The molecule has 0 atom stereocenters. The van der Waals surface area contributed by atoms with Crippen LogP contribution in [-0.2, 0) is 14.6 Å². The van der Waals surface area contributed by atoms with E-state index >= 15 is 0 Å². The highest BCUT2D eigenvalue weighted by Crippen LogP contribution is 2.25. The van der Waals surface area contributed by atoms with E-state index < -0.39 is 9.84 Å². The van der Waals surface area contributed by atoms with Gasteiger partial charge < -0.3 is 0 Å². The maximum absolute atomic E-state index is 11.7. The van der Waals surface area contributed by atoms with E-state index in [1.807, 2.05) is 6.92 Å². The average molecular weight is 246 g/mol. The normalized spacial score (nSPS) is 17.8. The summed E-state index contributed by atoms with van der Waals surface area (Å²) in [7, 11) is -3.14. The summed E-state index contributed by atoms with van der Waals surface area (Å²) in [6.45, 7) is 2.04. The maximum Gasteiger partial charge on any atom is 0.157 e. The quantitative estimate of drug-likeness (QED) is 0.648. The largest absolute Gasteiger partial charge is 0.298 e. The van der Waals surface area contributed by atoms with Crippen molar-refractivity contribution in [3.63, 3.8) is 0 Å². The summed E-state index contributed by atoms with van der Waals surface area (Å²) < 4.78 is 23.3. The topological polar surface area (TPSA) is 51.2 Å². The first kappa shape index (κ1) is 13.7. The molecule has 0 heterocycles. The van der Waals surface area contributed by atoms with E-state index in [4.69, 9.17) is 0 Å². The fourth-order valence-electron chi connectivity index (χ4n) is 2.23. The molecule has 0 aromatic carbocycles. The van der Waals surface area contributed by atoms with Gasteiger partial charge in [-0.25, -0.2) is 8.42 Å². The SMILES string of the molecule is CCCCCS(=O)(=O)CC(=O)C1CCCC1. The summed E-state index contributed by atoms with van der Waals surface area (Å²) in [5.41, 5.74) is 0. The third-order valence-electron chi connectivity index (χ3n) is 3.23. The molecule has 0 aromatic rings. The lowest BCUT2D eigenvalue weighted by atomic mass is 10.0. The first-order chi connectivity index (χ1) is 7.55. The zero-order valence-corrected chi connectivity index (χ0v) is 10.9. The van der Waals surface area contributed by atoms with E-state index in [-0.39, 0.29) is 23.2 Å². The molecule has 0 N–H and O–H groups in total. The van der Waals surface area contributed by atoms with Crippen LogP contribution in [-0.4, -0.2) is 25.7 Å². The Labute approximate surface area is 98.5 Å². The maximum atomic E-state index is 11.7. The van der Waals surface area contributed by atoms with Gasteiger partial charge in [0.15, 0.2) is 15.6 Å². The van der Waals surface area contributed by atoms with Crippen LogP contribution in [0, 0.1) is 5.92 Å². The molecule has 0 amide bonds. The molecule has 0 unspecified atom stereocenters. The molecule has 1 rings (SSSR count). The minimum atomic E-state index is -3.14. The van der Waals surface area contributed by atoms with Gasteiger partial charge in [-0.05, 0) is 19.3 Å². The Bertz CT molecular complexity index is 313. The third kappa shape index (κ3) is 4.64. The predicted molar refractivity (Wildman–Crippen MR) is 65.1 cm³/mol. The molecule has 1 aliphatic rings. The Kier molecular flexibility index (Phi) is 5.46. The van der Waals surface area contributed by atoms with Crippen molar-refractivity contribution in [1.82, 2.24) is 0 Å². The summed E-state index contributed by atoms with van der Waals surface area (Å²) in [5.74, 6) is -0.0596. The van der Waals surface area contributed by atoms with Crippen LogP contribution in [0.25, 0.3) is 0 Å². The van der Waals surface area contributed by atoms with Crippen molar-refractivity contribution >= 4 is 15.6 Å². The number of carbonyl (C=O) groups excluding carboxylic acids is 1. The highest BCUT2D eigenvalue weighted by atomic mass is 32.2. The van der Waals surface area contributed by atoms with Crippen LogP contribution in [0.1, 0.15) is 51.9 Å². The van der Waals surface area contributed by atoms with Gasteiger partial charge in [-0.2, -0.15) is 0 Å². The van der Waals surface area contributed by atoms with E-state index in [9.17, 15) is 13.2 Å². The monoisotopic (exact) mass is 246 g/mol. The van der Waals surface area contributed by atoms with E-state index in [0.29, 0.717) is 6.42 Å². The number of carbonyl (C=O) groups is 1. The smallest absolute Gasteiger partial charge is 0.157 e. The summed E-state index contributed by atoms with van der Waals surface area (Å²) in [6.07, 6.45) is 6.56. The molecular formula is C12H22O3S. The van der Waals surface area contributed by atoms with Crippen molar-refractivity contribution in [1.29, 1.82) is 0 Å². The summed E-state index contributed by atoms with van der Waals surface area (Å²) in [5, 5.41) is 0. The minimum Gasteiger partial charge on any atom is -0.298 e. The highest BCUT2D eigenvalue weighted by molar-refractivity contribution is 7.92. The zero-order valence-electron chi connectivity index (χ0n) is 10.1. The molecule has 16 heavy (non-hydrogen) atoms. The van der Waals surface area contributed by atoms with Crippen LogP contribution in [0.3, 0.4) is 0 Å². The Balaban J connectivity index is 2.36. The number of hydrogen-bond donors (Lipinski definition) is 0. The standard InChI is InChI=1S/C12H22O3S/c1-2-3-6-9-16(14,15)10-12(13)11-7-4-5-8-11/h11H,2-10H2,1H3. The summed E-state index contributed by atoms with van der Waals surface area (Å²) in [6, 6.07) is 0. The fourth-order valence-corrected chi connectivity index (χ4v) is 3.68. The summed E-state index contributed by atoms with van der Waals surface area (Å²) >= 11 is 0. The molecule has 0 bridgehead atoms. The molecule has 0 radical (unpaired) electrons. The van der Waals surface area contributed by atoms with Crippen molar-refractivity contribution in [2.45, 2.75) is 51.9 Å². The molecule has 0 spiro atoms. The van der Waals surface area contributed by atoms with E-state index in [1.54, 1.807) is 0 Å². The molecule has 0 aromatic heterocycles. The lowest BCUT2D eigenvalue weighted by molar-refractivity contribution is -0.120. The first-order valence-corrected chi connectivity index (χ1v) is 8.10. The number of Topliss-reactive ketones (excluding diaryl/α,β-unsaturated/α-hetero) is 1. The Hall–Kier alpha value is -0.380. The van der Waals surface area contributed by atoms with Crippen LogP contribution in [0.2, 0.25) is 0 Å². The number of unbranched alkanes of at least 4 members (excludes halogenated alkanes) is 2. The molecule has 0 saturated heterocycles. The second-order valence-corrected chi connectivity index (χ2v) is 6.93. The van der Waals surface area contributed by atoms with E-state index in [0.717, 1.165) is 38.5 Å². The molecule has 0 aliphatic heterocycles. The number of rotatable bonds is 7. The van der Waals surface area contributed by atoms with Gasteiger partial charge in [0, 0.05) is 5.92 Å². The second kappa shape index (κ2) is 6.38. The van der Waals surface area contributed by atoms with E-state index in [2.05, 4.69) is 0 Å². The van der Waals surface area contributed by atoms with Gasteiger partial charge in [0.25, 0.3) is 0 Å². The Morgan fingerprint density at radius 1 is 1.19 bits per heavy atom. The molecule has 1 fully saturated rings. The molecule has 1 saturated carbocycles. The van der Waals surface area contributed by atoms with Crippen LogP contribution < -0.4 is 0 Å². The van der Waals surface area contributed by atoms with E-state index in [1.165, 1.54) is 0 Å². The third-order valence-corrected chi connectivity index (χ3v) is 4.87. The first-order valence-electron chi connectivity index (χ1n) is 6.28. The molecule has 3 nitrogen and oxygen atoms in total. The van der Waals surface area contributed by atoms with Gasteiger partial charge >= 0.3 is 0 Å². The van der Waals surface area contributed by atoms with Crippen molar-refractivity contribution in [3.05, 3.63) is 0 Å². The number of ketones is 1. The van der Waals surface area contributed by atoms with Crippen molar-refractivity contribution in [2.75, 3.05) is 11.5 Å². The van der Waals surface area contributed by atoms with Crippen LogP contribution in [0.4, 0.5) is 0 Å². The van der Waals surface area contributed by atoms with Crippen LogP contribution in [0.5, 0.6) is 0 Å². The van der Waals surface area contributed by atoms with Gasteiger partial charge in [-0.3, -0.25) is 4.79 Å². The lowest BCUT2D eigenvalue weighted by Crippen LogP contribution is -2.24. The number of hydrogen-bond acceptors (Lipinski definition) is 3. The second-order valence-electron chi connectivity index (χ2n) is 4.75. The summed E-state index contributed by atoms with van der Waals surface area (Å²) in [4.78, 5) is 11.7. The zero-order chi connectivity index (χ0) is 12.0. The van der Waals surface area contributed by atoms with Gasteiger partial charge in [0.05, 0.1) is 5.75 Å². The van der Waals surface area contributed by atoms with Gasteiger partial charge in [-0.15, -0.1) is 0 Å². The molecule has 1 aliphatic carbocycles. The average Bonchev–Trinajstić information content (AvgIpc) is 2.69. The molecular weight excluding hydrogens is 224 g/mol. The lowest BCUT2D eigenvalue weighted by Gasteiger charge is -2.08. The Morgan fingerprint density at radius 3 is 2.38 bits per heavy atom. The van der Waals surface area contributed by atoms with Gasteiger partial charge in [-0.1, -0.05) is 32.6 Å². The van der Waals surface area contributed by atoms with Crippen LogP contribution in [0.15, 0.2) is 0 Å². The van der Waals surface area contributed by atoms with Gasteiger partial charge in [0.1, 0.15) is 5.75 Å². The Morgan fingerprint density at radius 2 is 1.81 bits per heavy atom. The van der Waals surface area contributed by atoms with Gasteiger partial charge in [0.2, 0.25) is 0 Å². The van der Waals surface area contributed by atoms with Crippen molar-refractivity contribution in [2.24, 2.45) is 5.92 Å². The minimum absolute atomic E-state index is 0.0287. The van der Waals surface area contributed by atoms with Crippen molar-refractivity contribution < 1.29 is 13.2 Å². The highest BCUT2D eigenvalue weighted by Gasteiger charge is 2.26. The number of sulfone groups is 1. The van der Waals surface area contributed by atoms with Crippen LogP contribution >= 0.6 is 0 Å². The molecule has 4 heteroatoms. The van der Waals surface area contributed by atoms with Crippen molar-refractivity contribution in [3.8, 4) is 0 Å².